The average Bonchev–Trinajstić information content (AvgIpc) is 2.30. The van der Waals surface area contributed by atoms with Gasteiger partial charge in [-0.05, 0) is 27.2 Å². The van der Waals surface area contributed by atoms with E-state index in [1.54, 1.807) is 0 Å². The van der Waals surface area contributed by atoms with Gasteiger partial charge in [-0.2, -0.15) is 0 Å². The van der Waals surface area contributed by atoms with Crippen LogP contribution in [0.2, 0.25) is 0 Å². The van der Waals surface area contributed by atoms with Gasteiger partial charge < -0.3 is 15.2 Å². The van der Waals surface area contributed by atoms with E-state index >= 15 is 0 Å². The van der Waals surface area contributed by atoms with Gasteiger partial charge in [-0.3, -0.25) is 4.79 Å². The van der Waals surface area contributed by atoms with Gasteiger partial charge in [-0.15, -0.1) is 0 Å². The predicted octanol–water partition coefficient (Wildman–Crippen LogP) is 0.441. The molecule has 1 fully saturated rings. The average molecular weight is 201 g/mol. The lowest BCUT2D eigenvalue weighted by Crippen LogP contribution is -2.30. The highest BCUT2D eigenvalue weighted by Crippen LogP contribution is 2.14. The Kier molecular flexibility index (Phi) is 3.50. The van der Waals surface area contributed by atoms with Gasteiger partial charge in [0.25, 0.3) is 0 Å². The van der Waals surface area contributed by atoms with E-state index in [9.17, 15) is 9.90 Å². The monoisotopic (exact) mass is 201 g/mol. The molecule has 0 radical (unpaired) electrons. The van der Waals surface area contributed by atoms with Gasteiger partial charge in [-0.25, -0.2) is 0 Å². The van der Waals surface area contributed by atoms with E-state index in [-0.39, 0.29) is 18.1 Å². The number of hydrogen-bond acceptors (Lipinski definition) is 4. The van der Waals surface area contributed by atoms with Gasteiger partial charge in [0.2, 0.25) is 0 Å². The molecule has 1 rings (SSSR count). The van der Waals surface area contributed by atoms with Gasteiger partial charge in [0.05, 0.1) is 12.5 Å². The molecule has 4 nitrogen and oxygen atoms in total. The molecular formula is C10H19NO3. The van der Waals surface area contributed by atoms with Crippen molar-refractivity contribution in [3.63, 3.8) is 0 Å². The second-order valence-corrected chi connectivity index (χ2v) is 4.79. The summed E-state index contributed by atoms with van der Waals surface area (Å²) < 4.78 is 5.17. The molecule has 82 valence electrons. The van der Waals surface area contributed by atoms with E-state index in [1.807, 2.05) is 20.8 Å². The van der Waals surface area contributed by atoms with Crippen molar-refractivity contribution in [1.29, 1.82) is 0 Å². The third kappa shape index (κ3) is 4.07. The van der Waals surface area contributed by atoms with Crippen LogP contribution in [0.4, 0.5) is 0 Å². The first kappa shape index (κ1) is 11.5. The maximum Gasteiger partial charge on any atom is 0.307 e. The van der Waals surface area contributed by atoms with Crippen molar-refractivity contribution in [2.24, 2.45) is 0 Å². The molecule has 14 heavy (non-hydrogen) atoms. The molecule has 4 heteroatoms. The lowest BCUT2D eigenvalue weighted by atomic mass is 10.1. The van der Waals surface area contributed by atoms with Crippen LogP contribution in [0.25, 0.3) is 0 Å². The number of aliphatic hydroxyl groups is 1. The van der Waals surface area contributed by atoms with E-state index < -0.39 is 5.60 Å². The minimum atomic E-state index is -0.422. The zero-order chi connectivity index (χ0) is 10.8. The van der Waals surface area contributed by atoms with Crippen LogP contribution in [0.15, 0.2) is 0 Å². The topological polar surface area (TPSA) is 58.6 Å². The summed E-state index contributed by atoms with van der Waals surface area (Å²) in [5.74, 6) is -0.205. The molecule has 0 amide bonds. The Labute approximate surface area is 84.6 Å². The van der Waals surface area contributed by atoms with Crippen molar-refractivity contribution in [2.75, 3.05) is 6.54 Å². The first-order valence-corrected chi connectivity index (χ1v) is 5.00. The predicted molar refractivity (Wildman–Crippen MR) is 52.9 cm³/mol. The van der Waals surface area contributed by atoms with Crippen LogP contribution >= 0.6 is 0 Å². The Balaban J connectivity index is 2.27. The van der Waals surface area contributed by atoms with Crippen LogP contribution in [-0.2, 0) is 9.53 Å². The number of ether oxygens (including phenoxy) is 1. The molecule has 0 aromatic heterocycles. The van der Waals surface area contributed by atoms with E-state index in [4.69, 9.17) is 4.74 Å². The number of nitrogens with one attached hydrogen (secondary N) is 1. The summed E-state index contributed by atoms with van der Waals surface area (Å²) in [6.45, 7) is 6.12. The van der Waals surface area contributed by atoms with Crippen LogP contribution < -0.4 is 5.32 Å². The van der Waals surface area contributed by atoms with Crippen LogP contribution in [-0.4, -0.2) is 35.4 Å². The number of carbonyl (C=O) groups excluding carboxylic acids is 1. The SMILES string of the molecule is CC(C)(C)OC(=O)C[C@H]1C[C@@H](O)CN1. The third-order valence-electron chi connectivity index (χ3n) is 2.03. The van der Waals surface area contributed by atoms with Crippen LogP contribution in [0.5, 0.6) is 0 Å². The quantitative estimate of drug-likeness (QED) is 0.636. The summed E-state index contributed by atoms with van der Waals surface area (Å²) in [7, 11) is 0. The third-order valence-corrected chi connectivity index (χ3v) is 2.03. The molecule has 0 spiro atoms. The Morgan fingerprint density at radius 3 is 2.64 bits per heavy atom. The number of hydrogen-bond donors (Lipinski definition) is 2. The fourth-order valence-electron chi connectivity index (χ4n) is 1.54. The van der Waals surface area contributed by atoms with Gasteiger partial charge in [-0.1, -0.05) is 0 Å². The minimum Gasteiger partial charge on any atom is -0.460 e. The number of carbonyl (C=O) groups is 1. The highest BCUT2D eigenvalue weighted by atomic mass is 16.6. The molecule has 0 aromatic carbocycles. The first-order chi connectivity index (χ1) is 6.37. The summed E-state index contributed by atoms with van der Waals surface area (Å²) in [6, 6.07) is 0.0693. The molecule has 0 aliphatic carbocycles. The van der Waals surface area contributed by atoms with Crippen molar-refractivity contribution >= 4 is 5.97 Å². The summed E-state index contributed by atoms with van der Waals surface area (Å²) in [5, 5.41) is 12.3. The number of β-amino-alcohol motifs (C(OH)–C–C–N with tert-alkyl or cyclic N) is 1. The molecule has 0 saturated carbocycles. The second-order valence-electron chi connectivity index (χ2n) is 4.79. The maximum absolute atomic E-state index is 11.4. The largest absolute Gasteiger partial charge is 0.460 e. The molecule has 1 aliphatic rings. The van der Waals surface area contributed by atoms with Gasteiger partial charge in [0, 0.05) is 12.6 Å². The van der Waals surface area contributed by atoms with Gasteiger partial charge in [0.1, 0.15) is 5.60 Å². The lowest BCUT2D eigenvalue weighted by molar-refractivity contribution is -0.155. The zero-order valence-corrected chi connectivity index (χ0v) is 9.04. The Bertz CT molecular complexity index is 210. The fraction of sp³-hybridized carbons (Fsp3) is 0.900. The van der Waals surface area contributed by atoms with Crippen molar-refractivity contribution in [1.82, 2.24) is 5.32 Å². The highest BCUT2D eigenvalue weighted by Gasteiger charge is 2.26. The number of rotatable bonds is 2. The second kappa shape index (κ2) is 4.28. The first-order valence-electron chi connectivity index (χ1n) is 5.00. The molecule has 1 heterocycles. The van der Waals surface area contributed by atoms with Gasteiger partial charge >= 0.3 is 5.97 Å². The van der Waals surface area contributed by atoms with Crippen molar-refractivity contribution in [3.8, 4) is 0 Å². The van der Waals surface area contributed by atoms with Crippen molar-refractivity contribution in [3.05, 3.63) is 0 Å². The smallest absolute Gasteiger partial charge is 0.307 e. The Morgan fingerprint density at radius 1 is 1.57 bits per heavy atom. The fourth-order valence-corrected chi connectivity index (χ4v) is 1.54. The highest BCUT2D eigenvalue weighted by molar-refractivity contribution is 5.70. The van der Waals surface area contributed by atoms with E-state index in [1.165, 1.54) is 0 Å². The van der Waals surface area contributed by atoms with E-state index in [2.05, 4.69) is 5.32 Å². The summed E-state index contributed by atoms with van der Waals surface area (Å²) in [6.07, 6.45) is 0.663. The van der Waals surface area contributed by atoms with Crippen LogP contribution in [0, 0.1) is 0 Å². The van der Waals surface area contributed by atoms with Crippen molar-refractivity contribution in [2.45, 2.75) is 51.4 Å². The summed E-state index contributed by atoms with van der Waals surface area (Å²) >= 11 is 0. The summed E-state index contributed by atoms with van der Waals surface area (Å²) in [4.78, 5) is 11.4. The lowest BCUT2D eigenvalue weighted by Gasteiger charge is -2.20. The van der Waals surface area contributed by atoms with E-state index in [0.29, 0.717) is 19.4 Å². The molecule has 0 unspecified atom stereocenters. The summed E-state index contributed by atoms with van der Waals surface area (Å²) in [5.41, 5.74) is -0.422. The van der Waals surface area contributed by atoms with Gasteiger partial charge in [0.15, 0.2) is 0 Å². The van der Waals surface area contributed by atoms with Crippen molar-refractivity contribution < 1.29 is 14.6 Å². The standard InChI is InChI=1S/C10H19NO3/c1-10(2,3)14-9(13)5-7-4-8(12)6-11-7/h7-8,11-12H,4-6H2,1-3H3/t7-,8-/m1/s1. The molecule has 2 atom stereocenters. The number of esters is 1. The van der Waals surface area contributed by atoms with Crippen LogP contribution in [0.3, 0.4) is 0 Å². The normalized spacial score (nSPS) is 27.7. The molecule has 1 saturated heterocycles. The molecule has 0 aromatic rings. The molecular weight excluding hydrogens is 182 g/mol. The minimum absolute atomic E-state index is 0.0693. The molecule has 1 aliphatic heterocycles. The maximum atomic E-state index is 11.4. The zero-order valence-electron chi connectivity index (χ0n) is 9.04. The Hall–Kier alpha value is -0.610. The molecule has 2 N–H and O–H groups in total. The molecule has 0 bridgehead atoms. The van der Waals surface area contributed by atoms with Crippen LogP contribution in [0.1, 0.15) is 33.6 Å². The Morgan fingerprint density at radius 2 is 2.21 bits per heavy atom. The van der Waals surface area contributed by atoms with E-state index in [0.717, 1.165) is 0 Å². The number of aliphatic hydroxyl groups excluding tert-OH is 1.